The van der Waals surface area contributed by atoms with Crippen LogP contribution in [-0.2, 0) is 16.0 Å². The number of rotatable bonds is 6. The van der Waals surface area contributed by atoms with E-state index >= 15 is 0 Å². The number of carbonyl (C=O) groups excluding carboxylic acids is 2. The predicted octanol–water partition coefficient (Wildman–Crippen LogP) is 4.23. The number of aromatic nitrogens is 1. The molecule has 0 unspecified atom stereocenters. The normalized spacial score (nSPS) is 21.8. The number of piperidine rings is 1. The maximum atomic E-state index is 13.2. The predicted molar refractivity (Wildman–Crippen MR) is 122 cm³/mol. The highest BCUT2D eigenvalue weighted by Gasteiger charge is 2.43. The van der Waals surface area contributed by atoms with Crippen molar-refractivity contribution in [3.63, 3.8) is 0 Å². The van der Waals surface area contributed by atoms with Crippen LogP contribution in [0.15, 0.2) is 48.8 Å². The Balaban J connectivity index is 1.59. The lowest BCUT2D eigenvalue weighted by atomic mass is 9.73. The molecule has 5 nitrogen and oxygen atoms in total. The van der Waals surface area contributed by atoms with Crippen molar-refractivity contribution in [2.75, 3.05) is 20.1 Å². The van der Waals surface area contributed by atoms with Crippen LogP contribution < -0.4 is 5.32 Å². The molecule has 31 heavy (non-hydrogen) atoms. The SMILES string of the molecule is CNC(=O)[C@@]1(Cc2ccccc2-c2cccnc2)CCCN(C(=O)CC2CCCC2)C1. The van der Waals surface area contributed by atoms with Crippen molar-refractivity contribution in [3.8, 4) is 11.1 Å². The average Bonchev–Trinajstić information content (AvgIpc) is 3.32. The first-order chi connectivity index (χ1) is 15.1. The summed E-state index contributed by atoms with van der Waals surface area (Å²) in [6.45, 7) is 1.26. The quantitative estimate of drug-likeness (QED) is 0.762. The summed E-state index contributed by atoms with van der Waals surface area (Å²) in [6.07, 6.45) is 11.4. The summed E-state index contributed by atoms with van der Waals surface area (Å²) in [4.78, 5) is 32.5. The van der Waals surface area contributed by atoms with Crippen LogP contribution in [0.5, 0.6) is 0 Å². The third kappa shape index (κ3) is 4.81. The molecule has 4 rings (SSSR count). The molecule has 1 aliphatic heterocycles. The highest BCUT2D eigenvalue weighted by atomic mass is 16.2. The van der Waals surface area contributed by atoms with Gasteiger partial charge >= 0.3 is 0 Å². The number of pyridine rings is 1. The maximum Gasteiger partial charge on any atom is 0.228 e. The van der Waals surface area contributed by atoms with Crippen LogP contribution in [-0.4, -0.2) is 41.8 Å². The fourth-order valence-corrected chi connectivity index (χ4v) is 5.45. The number of hydrogen-bond acceptors (Lipinski definition) is 3. The Morgan fingerprint density at radius 1 is 1.13 bits per heavy atom. The van der Waals surface area contributed by atoms with Crippen molar-refractivity contribution in [3.05, 3.63) is 54.4 Å². The van der Waals surface area contributed by atoms with E-state index in [4.69, 9.17) is 0 Å². The van der Waals surface area contributed by atoms with Crippen LogP contribution in [0, 0.1) is 11.3 Å². The molecule has 164 valence electrons. The highest BCUT2D eigenvalue weighted by Crippen LogP contribution is 2.38. The van der Waals surface area contributed by atoms with E-state index < -0.39 is 5.41 Å². The van der Waals surface area contributed by atoms with Crippen LogP contribution in [0.4, 0.5) is 0 Å². The lowest BCUT2D eigenvalue weighted by Crippen LogP contribution is -2.54. The second kappa shape index (κ2) is 9.63. The largest absolute Gasteiger partial charge is 0.359 e. The van der Waals surface area contributed by atoms with E-state index in [1.54, 1.807) is 13.2 Å². The second-order valence-electron chi connectivity index (χ2n) is 9.21. The van der Waals surface area contributed by atoms with Crippen LogP contribution >= 0.6 is 0 Å². The summed E-state index contributed by atoms with van der Waals surface area (Å²) in [5.74, 6) is 0.780. The molecule has 0 bridgehead atoms. The molecule has 1 aromatic heterocycles. The standard InChI is InChI=1S/C26H33N3O2/c1-27-25(31)26(13-7-15-29(19-26)24(30)16-20-8-2-3-9-20)17-21-10-4-5-12-23(21)22-11-6-14-28-18-22/h4-6,10-12,14,18,20H,2-3,7-9,13,15-17,19H2,1H3,(H,27,31)/t26-/m1/s1. The Morgan fingerprint density at radius 3 is 2.68 bits per heavy atom. The number of likely N-dealkylation sites (tertiary alicyclic amines) is 1. The van der Waals surface area contributed by atoms with Gasteiger partial charge in [-0.25, -0.2) is 0 Å². The van der Waals surface area contributed by atoms with Crippen molar-refractivity contribution in [1.82, 2.24) is 15.2 Å². The Labute approximate surface area is 185 Å². The molecular formula is C26H33N3O2. The van der Waals surface area contributed by atoms with Gasteiger partial charge in [0.15, 0.2) is 0 Å². The number of amides is 2. The fourth-order valence-electron chi connectivity index (χ4n) is 5.45. The molecule has 2 fully saturated rings. The van der Waals surface area contributed by atoms with Crippen molar-refractivity contribution < 1.29 is 9.59 Å². The number of nitrogens with one attached hydrogen (secondary N) is 1. The van der Waals surface area contributed by atoms with Crippen molar-refractivity contribution >= 4 is 11.8 Å². The summed E-state index contributed by atoms with van der Waals surface area (Å²) in [7, 11) is 1.70. The molecule has 0 radical (unpaired) electrons. The van der Waals surface area contributed by atoms with Crippen LogP contribution in [0.25, 0.3) is 11.1 Å². The molecule has 1 aliphatic carbocycles. The molecule has 2 aliphatic rings. The number of benzene rings is 1. The molecule has 1 saturated carbocycles. The number of hydrogen-bond donors (Lipinski definition) is 1. The van der Waals surface area contributed by atoms with Crippen LogP contribution in [0.1, 0.15) is 50.5 Å². The average molecular weight is 420 g/mol. The van der Waals surface area contributed by atoms with Gasteiger partial charge < -0.3 is 10.2 Å². The molecular weight excluding hydrogens is 386 g/mol. The smallest absolute Gasteiger partial charge is 0.228 e. The number of nitrogens with zero attached hydrogens (tertiary/aromatic N) is 2. The topological polar surface area (TPSA) is 62.3 Å². The molecule has 2 amide bonds. The van der Waals surface area contributed by atoms with Crippen molar-refractivity contribution in [1.29, 1.82) is 0 Å². The van der Waals surface area contributed by atoms with E-state index in [1.165, 1.54) is 25.7 Å². The Hall–Kier alpha value is -2.69. The van der Waals surface area contributed by atoms with Gasteiger partial charge in [-0.05, 0) is 55.2 Å². The van der Waals surface area contributed by atoms with E-state index in [0.29, 0.717) is 25.3 Å². The lowest BCUT2D eigenvalue weighted by molar-refractivity contribution is -0.141. The molecule has 1 aromatic carbocycles. The highest BCUT2D eigenvalue weighted by molar-refractivity contribution is 5.85. The van der Waals surface area contributed by atoms with Gasteiger partial charge in [-0.3, -0.25) is 14.6 Å². The minimum atomic E-state index is -0.601. The lowest BCUT2D eigenvalue weighted by Gasteiger charge is -2.42. The molecule has 1 N–H and O–H groups in total. The molecule has 0 spiro atoms. The zero-order chi connectivity index (χ0) is 21.7. The van der Waals surface area contributed by atoms with Gasteiger partial charge in [-0.2, -0.15) is 0 Å². The molecule has 1 atom stereocenters. The van der Waals surface area contributed by atoms with Gasteiger partial charge in [-0.1, -0.05) is 43.2 Å². The van der Waals surface area contributed by atoms with E-state index in [-0.39, 0.29) is 11.8 Å². The van der Waals surface area contributed by atoms with Gasteiger partial charge in [0.2, 0.25) is 11.8 Å². The van der Waals surface area contributed by atoms with Gasteiger partial charge in [0.05, 0.1) is 5.41 Å². The first-order valence-corrected chi connectivity index (χ1v) is 11.6. The number of carbonyl (C=O) groups is 2. The van der Waals surface area contributed by atoms with E-state index in [2.05, 4.69) is 28.5 Å². The monoisotopic (exact) mass is 419 g/mol. The third-order valence-corrected chi connectivity index (χ3v) is 7.10. The minimum absolute atomic E-state index is 0.0341. The summed E-state index contributed by atoms with van der Waals surface area (Å²) in [6, 6.07) is 12.2. The van der Waals surface area contributed by atoms with E-state index in [0.717, 1.165) is 36.1 Å². The van der Waals surface area contributed by atoms with Crippen LogP contribution in [0.2, 0.25) is 0 Å². The second-order valence-corrected chi connectivity index (χ2v) is 9.21. The summed E-state index contributed by atoms with van der Waals surface area (Å²) < 4.78 is 0. The van der Waals surface area contributed by atoms with E-state index in [1.807, 2.05) is 29.3 Å². The zero-order valence-corrected chi connectivity index (χ0v) is 18.5. The Morgan fingerprint density at radius 2 is 1.94 bits per heavy atom. The first-order valence-electron chi connectivity index (χ1n) is 11.6. The summed E-state index contributed by atoms with van der Waals surface area (Å²) in [5, 5.41) is 2.90. The maximum absolute atomic E-state index is 13.2. The van der Waals surface area contributed by atoms with Gasteiger partial charge in [0.25, 0.3) is 0 Å². The van der Waals surface area contributed by atoms with Crippen molar-refractivity contribution in [2.24, 2.45) is 11.3 Å². The van der Waals surface area contributed by atoms with Crippen molar-refractivity contribution in [2.45, 2.75) is 51.4 Å². The molecule has 5 heteroatoms. The summed E-state index contributed by atoms with van der Waals surface area (Å²) in [5.41, 5.74) is 2.68. The third-order valence-electron chi connectivity index (χ3n) is 7.10. The zero-order valence-electron chi connectivity index (χ0n) is 18.5. The molecule has 2 heterocycles. The van der Waals surface area contributed by atoms with Crippen LogP contribution in [0.3, 0.4) is 0 Å². The minimum Gasteiger partial charge on any atom is -0.359 e. The molecule has 2 aromatic rings. The van der Waals surface area contributed by atoms with Gasteiger partial charge in [-0.15, -0.1) is 0 Å². The van der Waals surface area contributed by atoms with Gasteiger partial charge in [0, 0.05) is 44.5 Å². The Kier molecular flexibility index (Phi) is 6.69. The summed E-state index contributed by atoms with van der Waals surface area (Å²) >= 11 is 0. The van der Waals surface area contributed by atoms with E-state index in [9.17, 15) is 9.59 Å². The fraction of sp³-hybridized carbons (Fsp3) is 0.500. The van der Waals surface area contributed by atoms with Gasteiger partial charge in [0.1, 0.15) is 0 Å². The first kappa shape index (κ1) is 21.5. The Bertz CT molecular complexity index is 908. The molecule has 1 saturated heterocycles.